The van der Waals surface area contributed by atoms with Crippen molar-refractivity contribution < 1.29 is 19.3 Å². The molecule has 1 unspecified atom stereocenters. The maximum absolute atomic E-state index is 10.6. The van der Waals surface area contributed by atoms with Crippen molar-refractivity contribution in [2.24, 2.45) is 10.7 Å². The summed E-state index contributed by atoms with van der Waals surface area (Å²) in [4.78, 5) is 4.45. The number of para-hydroxylation sites is 1. The first-order valence-corrected chi connectivity index (χ1v) is 9.81. The van der Waals surface area contributed by atoms with E-state index in [0.29, 0.717) is 34.1 Å². The monoisotopic (exact) mass is 427 g/mol. The fraction of sp³-hybridized carbons (Fsp3) is 0.120. The predicted octanol–water partition coefficient (Wildman–Crippen LogP) is 4.38. The Balaban J connectivity index is 1.83. The number of aromatic hydroxyl groups is 1. The minimum absolute atomic E-state index is 0.00639. The Kier molecular flexibility index (Phi) is 5.69. The summed E-state index contributed by atoms with van der Waals surface area (Å²) in [5, 5.41) is 20.4. The number of ether oxygens (including phenoxy) is 3. The van der Waals surface area contributed by atoms with Gasteiger partial charge in [0, 0.05) is 35.0 Å². The molecule has 3 aromatic rings. The Hall–Kier alpha value is -4.44. The highest BCUT2D eigenvalue weighted by Crippen LogP contribution is 2.46. The Morgan fingerprint density at radius 3 is 2.62 bits per heavy atom. The van der Waals surface area contributed by atoms with Crippen LogP contribution in [0.5, 0.6) is 23.0 Å². The molecule has 1 atom stereocenters. The number of rotatable bonds is 5. The smallest absolute Gasteiger partial charge is 0.205 e. The first-order chi connectivity index (χ1) is 15.5. The van der Waals surface area contributed by atoms with Gasteiger partial charge in [-0.05, 0) is 24.3 Å². The number of hydrogen-bond donors (Lipinski definition) is 2. The van der Waals surface area contributed by atoms with E-state index in [1.54, 1.807) is 32.6 Å². The molecule has 0 radical (unpaired) electrons. The van der Waals surface area contributed by atoms with E-state index >= 15 is 0 Å². The lowest BCUT2D eigenvalue weighted by atomic mass is 9.82. The minimum atomic E-state index is -0.524. The highest BCUT2D eigenvalue weighted by molar-refractivity contribution is 5.87. The third kappa shape index (κ3) is 3.82. The van der Waals surface area contributed by atoms with Crippen LogP contribution in [0.4, 0.5) is 5.69 Å². The van der Waals surface area contributed by atoms with Crippen LogP contribution in [0.1, 0.15) is 22.6 Å². The summed E-state index contributed by atoms with van der Waals surface area (Å²) in [7, 11) is 3.16. The molecule has 1 heterocycles. The van der Waals surface area contributed by atoms with Gasteiger partial charge in [0.1, 0.15) is 34.6 Å². The highest BCUT2D eigenvalue weighted by Gasteiger charge is 2.33. The van der Waals surface area contributed by atoms with E-state index in [0.717, 1.165) is 5.56 Å². The van der Waals surface area contributed by atoms with Gasteiger partial charge in [-0.3, -0.25) is 4.99 Å². The molecule has 7 heteroatoms. The molecule has 4 rings (SSSR count). The topological polar surface area (TPSA) is 110 Å². The molecule has 0 aliphatic carbocycles. The van der Waals surface area contributed by atoms with Gasteiger partial charge in [0.15, 0.2) is 0 Å². The number of methoxy groups -OCH3 is 2. The number of phenols is 1. The standard InChI is InChI=1S/C25H21N3O4/c1-30-17-7-5-6-16(11-17)28-14-15-10-19-23(12-21(15)29)32-25(27)20(13-26)24(19)18-8-3-4-9-22(18)31-2/h3-12,14,24,29H,27H2,1-2H3. The van der Waals surface area contributed by atoms with Crippen LogP contribution in [-0.4, -0.2) is 25.5 Å². The van der Waals surface area contributed by atoms with Crippen molar-refractivity contribution in [3.8, 4) is 29.1 Å². The second-order valence-corrected chi connectivity index (χ2v) is 7.08. The van der Waals surface area contributed by atoms with Gasteiger partial charge in [-0.2, -0.15) is 5.26 Å². The summed E-state index contributed by atoms with van der Waals surface area (Å²) < 4.78 is 16.4. The molecular weight excluding hydrogens is 406 g/mol. The number of allylic oxidation sites excluding steroid dienone is 1. The SMILES string of the molecule is COc1cccc(N=Cc2cc3c(cc2O)OC(N)=C(C#N)C3c2ccccc2OC)c1. The van der Waals surface area contributed by atoms with Crippen molar-refractivity contribution in [1.29, 1.82) is 5.26 Å². The third-order valence-electron chi connectivity index (χ3n) is 5.22. The molecule has 3 N–H and O–H groups in total. The van der Waals surface area contributed by atoms with E-state index in [2.05, 4.69) is 11.1 Å². The van der Waals surface area contributed by atoms with Crippen molar-refractivity contribution in [3.05, 3.63) is 88.8 Å². The third-order valence-corrected chi connectivity index (χ3v) is 5.22. The summed E-state index contributed by atoms with van der Waals surface area (Å²) in [6, 6.07) is 20.1. The van der Waals surface area contributed by atoms with Crippen molar-refractivity contribution in [3.63, 3.8) is 0 Å². The van der Waals surface area contributed by atoms with E-state index in [4.69, 9.17) is 19.9 Å². The lowest BCUT2D eigenvalue weighted by Crippen LogP contribution is -2.21. The van der Waals surface area contributed by atoms with E-state index in [9.17, 15) is 10.4 Å². The van der Waals surface area contributed by atoms with Gasteiger partial charge in [-0.15, -0.1) is 0 Å². The number of phenolic OH excluding ortho intramolecular Hbond substituents is 1. The summed E-state index contributed by atoms with van der Waals surface area (Å²) in [5.74, 6) is 1.11. The van der Waals surface area contributed by atoms with Gasteiger partial charge in [0.25, 0.3) is 0 Å². The molecule has 1 aliphatic rings. The van der Waals surface area contributed by atoms with Crippen molar-refractivity contribution in [2.45, 2.75) is 5.92 Å². The Bertz CT molecular complexity index is 1270. The summed E-state index contributed by atoms with van der Waals surface area (Å²) >= 11 is 0. The molecular formula is C25H21N3O4. The number of hydrogen-bond acceptors (Lipinski definition) is 7. The number of nitrogens with zero attached hydrogens (tertiary/aromatic N) is 2. The molecule has 0 fully saturated rings. The molecule has 0 saturated carbocycles. The van der Waals surface area contributed by atoms with Gasteiger partial charge >= 0.3 is 0 Å². The second-order valence-electron chi connectivity index (χ2n) is 7.08. The fourth-order valence-electron chi connectivity index (χ4n) is 3.67. The molecule has 7 nitrogen and oxygen atoms in total. The molecule has 0 bridgehead atoms. The molecule has 160 valence electrons. The van der Waals surface area contributed by atoms with Crippen LogP contribution in [0, 0.1) is 11.3 Å². The van der Waals surface area contributed by atoms with Gasteiger partial charge in [0.05, 0.1) is 25.8 Å². The molecule has 1 aliphatic heterocycles. The Morgan fingerprint density at radius 1 is 1.06 bits per heavy atom. The van der Waals surface area contributed by atoms with Crippen LogP contribution in [0.15, 0.2) is 77.1 Å². The van der Waals surface area contributed by atoms with Gasteiger partial charge < -0.3 is 25.1 Å². The number of benzene rings is 3. The molecule has 0 amide bonds. The van der Waals surface area contributed by atoms with E-state index < -0.39 is 5.92 Å². The van der Waals surface area contributed by atoms with Crippen LogP contribution in [0.2, 0.25) is 0 Å². The first-order valence-electron chi connectivity index (χ1n) is 9.81. The Morgan fingerprint density at radius 2 is 1.88 bits per heavy atom. The molecule has 32 heavy (non-hydrogen) atoms. The van der Waals surface area contributed by atoms with Crippen LogP contribution in [0.3, 0.4) is 0 Å². The number of aliphatic imine (C=N–C) groups is 1. The predicted molar refractivity (Wildman–Crippen MR) is 121 cm³/mol. The normalized spacial score (nSPS) is 15.1. The fourth-order valence-corrected chi connectivity index (χ4v) is 3.67. The van der Waals surface area contributed by atoms with Crippen molar-refractivity contribution >= 4 is 11.9 Å². The molecule has 3 aromatic carbocycles. The van der Waals surface area contributed by atoms with Gasteiger partial charge in [-0.25, -0.2) is 0 Å². The zero-order valence-electron chi connectivity index (χ0n) is 17.6. The Labute approximate surface area is 185 Å². The average molecular weight is 427 g/mol. The van der Waals surface area contributed by atoms with Crippen LogP contribution < -0.4 is 19.9 Å². The van der Waals surface area contributed by atoms with Gasteiger partial charge in [-0.1, -0.05) is 24.3 Å². The van der Waals surface area contributed by atoms with Crippen molar-refractivity contribution in [1.82, 2.24) is 0 Å². The van der Waals surface area contributed by atoms with E-state index in [1.807, 2.05) is 42.5 Å². The largest absolute Gasteiger partial charge is 0.507 e. The molecule has 0 aromatic heterocycles. The second kappa shape index (κ2) is 8.74. The lowest BCUT2D eigenvalue weighted by molar-refractivity contribution is 0.382. The number of nitriles is 1. The van der Waals surface area contributed by atoms with Crippen molar-refractivity contribution in [2.75, 3.05) is 14.2 Å². The van der Waals surface area contributed by atoms with E-state index in [-0.39, 0.29) is 17.2 Å². The maximum atomic E-state index is 10.6. The first kappa shape index (κ1) is 20.8. The quantitative estimate of drug-likeness (QED) is 0.585. The number of fused-ring (bicyclic) bond motifs is 1. The van der Waals surface area contributed by atoms with Crippen LogP contribution >= 0.6 is 0 Å². The zero-order chi connectivity index (χ0) is 22.7. The average Bonchev–Trinajstić information content (AvgIpc) is 2.82. The lowest BCUT2D eigenvalue weighted by Gasteiger charge is -2.28. The highest BCUT2D eigenvalue weighted by atomic mass is 16.5. The number of nitrogens with two attached hydrogens (primary N) is 1. The minimum Gasteiger partial charge on any atom is -0.507 e. The van der Waals surface area contributed by atoms with Crippen LogP contribution in [0.25, 0.3) is 0 Å². The van der Waals surface area contributed by atoms with E-state index in [1.165, 1.54) is 6.07 Å². The zero-order valence-corrected chi connectivity index (χ0v) is 17.6. The summed E-state index contributed by atoms with van der Waals surface area (Å²) in [6.07, 6.45) is 1.55. The van der Waals surface area contributed by atoms with Crippen LogP contribution in [-0.2, 0) is 0 Å². The van der Waals surface area contributed by atoms with Gasteiger partial charge in [0.2, 0.25) is 5.88 Å². The summed E-state index contributed by atoms with van der Waals surface area (Å²) in [6.45, 7) is 0. The molecule has 0 saturated heterocycles. The summed E-state index contributed by atoms with van der Waals surface area (Å²) in [5.41, 5.74) is 8.88. The maximum Gasteiger partial charge on any atom is 0.205 e. The molecule has 0 spiro atoms.